The molecule has 0 radical (unpaired) electrons. The number of unbranched alkanes of at least 4 members (excludes halogenated alkanes) is 9. The number of nitrogens with two attached hydrogens (primary N) is 1. The van der Waals surface area contributed by atoms with Gasteiger partial charge in [-0.15, -0.1) is 0 Å². The van der Waals surface area contributed by atoms with Crippen LogP contribution in [0, 0.1) is 0 Å². The molecule has 1 atom stereocenters. The maximum atomic E-state index is 12.0. The van der Waals surface area contributed by atoms with E-state index < -0.39 is 0 Å². The molecule has 0 aliphatic carbocycles. The molecule has 0 bridgehead atoms. The van der Waals surface area contributed by atoms with E-state index >= 15 is 0 Å². The van der Waals surface area contributed by atoms with E-state index in [2.05, 4.69) is 13.8 Å². The number of para-hydroxylation sites is 1. The predicted octanol–water partition coefficient (Wildman–Crippen LogP) is 7.05. The molecule has 0 heterocycles. The number of nitrogens with zero attached hydrogens (tertiary/aromatic N) is 1. The van der Waals surface area contributed by atoms with Gasteiger partial charge >= 0.3 is 6.03 Å². The van der Waals surface area contributed by atoms with Crippen molar-refractivity contribution in [2.45, 2.75) is 103 Å². The van der Waals surface area contributed by atoms with E-state index in [4.69, 9.17) is 5.73 Å². The highest BCUT2D eigenvalue weighted by Gasteiger charge is 2.22. The normalized spacial score (nSPS) is 12.1. The van der Waals surface area contributed by atoms with E-state index in [1.807, 2.05) is 30.3 Å². The zero-order chi connectivity index (χ0) is 19.0. The first-order valence-corrected chi connectivity index (χ1v) is 10.8. The van der Waals surface area contributed by atoms with Gasteiger partial charge in [-0.05, 0) is 25.0 Å². The minimum atomic E-state index is -0.332. The Morgan fingerprint density at radius 1 is 0.808 bits per heavy atom. The summed E-state index contributed by atoms with van der Waals surface area (Å²) in [6.45, 7) is 4.44. The number of benzene rings is 1. The molecule has 0 aliphatic heterocycles. The van der Waals surface area contributed by atoms with Crippen LogP contribution in [-0.4, -0.2) is 12.1 Å². The van der Waals surface area contributed by atoms with Gasteiger partial charge in [0.05, 0.1) is 0 Å². The summed E-state index contributed by atoms with van der Waals surface area (Å²) >= 11 is 0. The largest absolute Gasteiger partial charge is 0.351 e. The van der Waals surface area contributed by atoms with Crippen LogP contribution in [0.1, 0.15) is 97.3 Å². The lowest BCUT2D eigenvalue weighted by Crippen LogP contribution is -2.44. The molecule has 26 heavy (non-hydrogen) atoms. The Labute approximate surface area is 161 Å². The summed E-state index contributed by atoms with van der Waals surface area (Å²) in [6, 6.07) is 9.75. The third-order valence-corrected chi connectivity index (χ3v) is 5.15. The monoisotopic (exact) mass is 360 g/mol. The third-order valence-electron chi connectivity index (χ3n) is 5.15. The number of anilines is 1. The van der Waals surface area contributed by atoms with Crippen LogP contribution >= 0.6 is 0 Å². The van der Waals surface area contributed by atoms with Crippen LogP contribution in [0.5, 0.6) is 0 Å². The Morgan fingerprint density at radius 2 is 1.35 bits per heavy atom. The molecule has 0 saturated heterocycles. The van der Waals surface area contributed by atoms with E-state index in [1.165, 1.54) is 64.2 Å². The second-order valence-corrected chi connectivity index (χ2v) is 7.46. The predicted molar refractivity (Wildman–Crippen MR) is 114 cm³/mol. The lowest BCUT2D eigenvalue weighted by atomic mass is 10.00. The number of carbonyl (C=O) groups is 1. The molecule has 0 fully saturated rings. The van der Waals surface area contributed by atoms with Crippen LogP contribution in [0.4, 0.5) is 10.5 Å². The maximum Gasteiger partial charge on any atom is 0.319 e. The quantitative estimate of drug-likeness (QED) is 0.335. The molecule has 1 unspecified atom stereocenters. The van der Waals surface area contributed by atoms with Gasteiger partial charge in [0.1, 0.15) is 0 Å². The van der Waals surface area contributed by atoms with Gasteiger partial charge < -0.3 is 5.73 Å². The summed E-state index contributed by atoms with van der Waals surface area (Å²) in [6.07, 6.45) is 16.5. The lowest BCUT2D eigenvalue weighted by Gasteiger charge is -2.30. The van der Waals surface area contributed by atoms with E-state index in [1.54, 1.807) is 4.90 Å². The van der Waals surface area contributed by atoms with Gasteiger partial charge in [-0.2, -0.15) is 0 Å². The first-order valence-electron chi connectivity index (χ1n) is 10.8. The summed E-state index contributed by atoms with van der Waals surface area (Å²) in [5, 5.41) is 0. The number of rotatable bonds is 15. The summed E-state index contributed by atoms with van der Waals surface area (Å²) < 4.78 is 0. The van der Waals surface area contributed by atoms with Gasteiger partial charge in [0, 0.05) is 11.7 Å². The van der Waals surface area contributed by atoms with Crippen molar-refractivity contribution >= 4 is 11.7 Å². The average Bonchev–Trinajstić information content (AvgIpc) is 2.64. The SMILES string of the molecule is CCCCCCCCCCCCC(CCC)N(C(N)=O)c1ccccc1. The molecule has 148 valence electrons. The van der Waals surface area contributed by atoms with Crippen molar-refractivity contribution in [2.24, 2.45) is 5.73 Å². The minimum Gasteiger partial charge on any atom is -0.351 e. The van der Waals surface area contributed by atoms with Gasteiger partial charge in [0.25, 0.3) is 0 Å². The fourth-order valence-corrected chi connectivity index (χ4v) is 3.71. The Hall–Kier alpha value is -1.51. The Kier molecular flexibility index (Phi) is 12.7. The van der Waals surface area contributed by atoms with Gasteiger partial charge in [-0.25, -0.2) is 4.79 Å². The molecular weight excluding hydrogens is 320 g/mol. The van der Waals surface area contributed by atoms with Gasteiger partial charge in [0.15, 0.2) is 0 Å². The van der Waals surface area contributed by atoms with E-state index in [0.29, 0.717) is 0 Å². The average molecular weight is 361 g/mol. The number of primary amides is 1. The van der Waals surface area contributed by atoms with Gasteiger partial charge in [-0.1, -0.05) is 103 Å². The molecular formula is C23H40N2O. The van der Waals surface area contributed by atoms with Crippen molar-refractivity contribution in [1.82, 2.24) is 0 Å². The van der Waals surface area contributed by atoms with Crippen LogP contribution in [0.2, 0.25) is 0 Å². The lowest BCUT2D eigenvalue weighted by molar-refractivity contribution is 0.250. The van der Waals surface area contributed by atoms with Gasteiger partial charge in [0.2, 0.25) is 0 Å². The standard InChI is InChI=1S/C23H40N2O/c1-3-5-6-7-8-9-10-11-12-14-18-21(17-4-2)25(23(24)26)22-19-15-13-16-20-22/h13,15-16,19-21H,3-12,14,17-18H2,1-2H3,(H2,24,26). The molecule has 0 aliphatic rings. The molecule has 2 amide bonds. The topological polar surface area (TPSA) is 46.3 Å². The zero-order valence-corrected chi connectivity index (χ0v) is 17.1. The summed E-state index contributed by atoms with van der Waals surface area (Å²) in [5.74, 6) is 0. The molecule has 1 aromatic rings. The molecule has 1 aromatic carbocycles. The molecule has 3 heteroatoms. The van der Waals surface area contributed by atoms with Crippen molar-refractivity contribution in [1.29, 1.82) is 0 Å². The molecule has 0 saturated carbocycles. The maximum absolute atomic E-state index is 12.0. The van der Waals surface area contributed by atoms with Crippen molar-refractivity contribution in [2.75, 3.05) is 4.90 Å². The second kappa shape index (κ2) is 14.6. The molecule has 1 rings (SSSR count). The highest BCUT2D eigenvalue weighted by molar-refractivity contribution is 5.91. The molecule has 0 spiro atoms. The Balaban J connectivity index is 2.32. The second-order valence-electron chi connectivity index (χ2n) is 7.46. The third kappa shape index (κ3) is 9.26. The fraction of sp³-hybridized carbons (Fsp3) is 0.696. The number of carbonyl (C=O) groups excluding carboxylic acids is 1. The number of amides is 2. The van der Waals surface area contributed by atoms with Crippen LogP contribution in [0.25, 0.3) is 0 Å². The molecule has 0 aromatic heterocycles. The summed E-state index contributed by atoms with van der Waals surface area (Å²) in [5.41, 5.74) is 6.63. The minimum absolute atomic E-state index is 0.217. The van der Waals surface area contributed by atoms with E-state index in [-0.39, 0.29) is 12.1 Å². The number of hydrogen-bond donors (Lipinski definition) is 1. The summed E-state index contributed by atoms with van der Waals surface area (Å²) in [7, 11) is 0. The van der Waals surface area contributed by atoms with E-state index in [0.717, 1.165) is 24.9 Å². The molecule has 2 N–H and O–H groups in total. The van der Waals surface area contributed by atoms with Crippen molar-refractivity contribution in [3.8, 4) is 0 Å². The van der Waals surface area contributed by atoms with Crippen molar-refractivity contribution in [3.63, 3.8) is 0 Å². The van der Waals surface area contributed by atoms with Crippen LogP contribution < -0.4 is 10.6 Å². The van der Waals surface area contributed by atoms with E-state index in [9.17, 15) is 4.79 Å². The van der Waals surface area contributed by atoms with Crippen LogP contribution in [0.3, 0.4) is 0 Å². The highest BCUT2D eigenvalue weighted by atomic mass is 16.2. The Morgan fingerprint density at radius 3 is 1.85 bits per heavy atom. The smallest absolute Gasteiger partial charge is 0.319 e. The highest BCUT2D eigenvalue weighted by Crippen LogP contribution is 2.23. The van der Waals surface area contributed by atoms with Crippen molar-refractivity contribution in [3.05, 3.63) is 30.3 Å². The van der Waals surface area contributed by atoms with Crippen molar-refractivity contribution < 1.29 is 4.79 Å². The first kappa shape index (κ1) is 22.5. The van der Waals surface area contributed by atoms with Gasteiger partial charge in [-0.3, -0.25) is 4.90 Å². The van der Waals surface area contributed by atoms with Crippen LogP contribution in [0.15, 0.2) is 30.3 Å². The Bertz CT molecular complexity index is 461. The fourth-order valence-electron chi connectivity index (χ4n) is 3.71. The molecule has 3 nitrogen and oxygen atoms in total. The number of hydrogen-bond acceptors (Lipinski definition) is 1. The first-order chi connectivity index (χ1) is 12.7. The summed E-state index contributed by atoms with van der Waals surface area (Å²) in [4.78, 5) is 13.8. The zero-order valence-electron chi connectivity index (χ0n) is 17.1. The number of urea groups is 1. The van der Waals surface area contributed by atoms with Crippen LogP contribution in [-0.2, 0) is 0 Å².